The third-order valence-electron chi connectivity index (χ3n) is 3.01. The molecule has 1 N–H and O–H groups in total. The Morgan fingerprint density at radius 3 is 2.83 bits per heavy atom. The van der Waals surface area contributed by atoms with Gasteiger partial charge in [0.1, 0.15) is 13.2 Å². The van der Waals surface area contributed by atoms with Gasteiger partial charge in [0, 0.05) is 12.1 Å². The second-order valence-electron chi connectivity index (χ2n) is 4.71. The third-order valence-corrected chi connectivity index (χ3v) is 3.01. The summed E-state index contributed by atoms with van der Waals surface area (Å²) in [5.74, 6) is 4.84. The summed E-state index contributed by atoms with van der Waals surface area (Å²) < 4.78 is 11.2. The van der Waals surface area contributed by atoms with Crippen LogP contribution in [-0.4, -0.2) is 19.3 Å². The summed E-state index contributed by atoms with van der Waals surface area (Å²) in [6, 6.07) is 6.02. The Labute approximate surface area is 108 Å². The summed E-state index contributed by atoms with van der Waals surface area (Å²) in [5, 5.41) is 3.36. The monoisotopic (exact) mass is 245 g/mol. The molecule has 1 atom stereocenters. The molecular formula is C15H19NO2. The number of hydrogen-bond acceptors (Lipinski definition) is 3. The average molecular weight is 245 g/mol. The number of hydrogen-bond donors (Lipinski definition) is 1. The lowest BCUT2D eigenvalue weighted by Crippen LogP contribution is -2.32. The summed E-state index contributed by atoms with van der Waals surface area (Å²) in [7, 11) is 0. The van der Waals surface area contributed by atoms with Crippen molar-refractivity contribution in [2.45, 2.75) is 26.4 Å². The van der Waals surface area contributed by atoms with Crippen molar-refractivity contribution >= 4 is 0 Å². The van der Waals surface area contributed by atoms with Crippen molar-refractivity contribution < 1.29 is 9.47 Å². The largest absolute Gasteiger partial charge is 0.486 e. The van der Waals surface area contributed by atoms with E-state index in [9.17, 15) is 0 Å². The van der Waals surface area contributed by atoms with E-state index in [0.29, 0.717) is 25.7 Å². The Hall–Kier alpha value is -1.66. The van der Waals surface area contributed by atoms with E-state index in [4.69, 9.17) is 15.9 Å². The number of rotatable bonds is 4. The zero-order valence-electron chi connectivity index (χ0n) is 10.9. The van der Waals surface area contributed by atoms with Crippen LogP contribution in [0.5, 0.6) is 11.5 Å². The van der Waals surface area contributed by atoms with Crippen LogP contribution in [0.3, 0.4) is 0 Å². The van der Waals surface area contributed by atoms with Crippen molar-refractivity contribution in [3.8, 4) is 23.8 Å². The average Bonchev–Trinajstić information content (AvgIpc) is 2.39. The molecule has 96 valence electrons. The van der Waals surface area contributed by atoms with E-state index < -0.39 is 0 Å². The van der Waals surface area contributed by atoms with Gasteiger partial charge in [-0.2, -0.15) is 0 Å². The van der Waals surface area contributed by atoms with Crippen LogP contribution in [0.4, 0.5) is 0 Å². The molecule has 3 nitrogen and oxygen atoms in total. The zero-order chi connectivity index (χ0) is 13.0. The Bertz CT molecular complexity index is 448. The van der Waals surface area contributed by atoms with E-state index >= 15 is 0 Å². The van der Waals surface area contributed by atoms with Gasteiger partial charge in [0.2, 0.25) is 0 Å². The van der Waals surface area contributed by atoms with Crippen LogP contribution in [-0.2, 0) is 6.54 Å². The third kappa shape index (κ3) is 2.77. The molecule has 1 aliphatic rings. The van der Waals surface area contributed by atoms with E-state index in [2.05, 4.69) is 25.1 Å². The molecule has 3 heteroatoms. The molecule has 0 spiro atoms. The van der Waals surface area contributed by atoms with Gasteiger partial charge in [-0.25, -0.2) is 0 Å². The first kappa shape index (κ1) is 12.8. The van der Waals surface area contributed by atoms with Crippen molar-refractivity contribution in [1.82, 2.24) is 5.32 Å². The second-order valence-corrected chi connectivity index (χ2v) is 4.71. The summed E-state index contributed by atoms with van der Waals surface area (Å²) in [6.07, 6.45) is 5.51. The van der Waals surface area contributed by atoms with Gasteiger partial charge in [0.25, 0.3) is 0 Å². The molecule has 2 rings (SSSR count). The molecule has 1 aromatic carbocycles. The van der Waals surface area contributed by atoms with E-state index in [1.54, 1.807) is 0 Å². The lowest BCUT2D eigenvalue weighted by Gasteiger charge is -2.22. The van der Waals surface area contributed by atoms with Crippen LogP contribution in [0.2, 0.25) is 0 Å². The first-order valence-corrected chi connectivity index (χ1v) is 6.29. The number of para-hydroxylation sites is 1. The molecule has 0 aromatic heterocycles. The normalized spacial score (nSPS) is 15.2. The molecule has 0 saturated heterocycles. The molecule has 1 unspecified atom stereocenters. The van der Waals surface area contributed by atoms with Gasteiger partial charge in [0.15, 0.2) is 11.5 Å². The van der Waals surface area contributed by atoms with E-state index in [0.717, 1.165) is 17.1 Å². The Morgan fingerprint density at radius 2 is 2.11 bits per heavy atom. The fraction of sp³-hybridized carbons (Fsp3) is 0.467. The smallest absolute Gasteiger partial charge is 0.165 e. The Morgan fingerprint density at radius 1 is 1.33 bits per heavy atom. The van der Waals surface area contributed by atoms with Crippen LogP contribution >= 0.6 is 0 Å². The molecule has 0 saturated carbocycles. The van der Waals surface area contributed by atoms with Gasteiger partial charge < -0.3 is 9.47 Å². The maximum absolute atomic E-state index is 5.66. The van der Waals surface area contributed by atoms with Crippen LogP contribution < -0.4 is 14.8 Å². The predicted molar refractivity (Wildman–Crippen MR) is 71.7 cm³/mol. The molecule has 0 aliphatic carbocycles. The molecule has 0 fully saturated rings. The van der Waals surface area contributed by atoms with Crippen LogP contribution in [0.25, 0.3) is 0 Å². The lowest BCUT2D eigenvalue weighted by molar-refractivity contribution is 0.169. The maximum atomic E-state index is 5.66. The van der Waals surface area contributed by atoms with Crippen molar-refractivity contribution in [2.75, 3.05) is 13.2 Å². The van der Waals surface area contributed by atoms with Crippen molar-refractivity contribution in [2.24, 2.45) is 5.92 Å². The number of terminal acetylenes is 1. The highest BCUT2D eigenvalue weighted by molar-refractivity contribution is 5.47. The number of ether oxygens (including phenoxy) is 2. The van der Waals surface area contributed by atoms with Crippen molar-refractivity contribution in [1.29, 1.82) is 0 Å². The lowest BCUT2D eigenvalue weighted by atomic mass is 10.0. The molecular weight excluding hydrogens is 226 g/mol. The predicted octanol–water partition coefficient (Wildman–Crippen LogP) is 2.21. The highest BCUT2D eigenvalue weighted by Gasteiger charge is 2.16. The fourth-order valence-electron chi connectivity index (χ4n) is 1.98. The molecule has 0 radical (unpaired) electrons. The molecule has 1 aromatic rings. The zero-order valence-corrected chi connectivity index (χ0v) is 10.9. The van der Waals surface area contributed by atoms with E-state index in [-0.39, 0.29) is 6.04 Å². The summed E-state index contributed by atoms with van der Waals surface area (Å²) in [5.41, 5.74) is 1.09. The van der Waals surface area contributed by atoms with E-state index in [1.807, 2.05) is 18.2 Å². The second kappa shape index (κ2) is 5.79. The quantitative estimate of drug-likeness (QED) is 0.825. The van der Waals surface area contributed by atoms with Crippen LogP contribution in [0.1, 0.15) is 19.4 Å². The Balaban J connectivity index is 2.08. The SMILES string of the molecule is C#CC(NCc1cccc2c1OCCO2)C(C)C. The van der Waals surface area contributed by atoms with Gasteiger partial charge in [0.05, 0.1) is 6.04 Å². The number of nitrogens with one attached hydrogen (secondary N) is 1. The first-order chi connectivity index (χ1) is 8.72. The number of fused-ring (bicyclic) bond motifs is 1. The molecule has 0 bridgehead atoms. The first-order valence-electron chi connectivity index (χ1n) is 6.29. The van der Waals surface area contributed by atoms with Crippen LogP contribution in [0, 0.1) is 18.3 Å². The summed E-state index contributed by atoms with van der Waals surface area (Å²) >= 11 is 0. The van der Waals surface area contributed by atoms with Gasteiger partial charge in [-0.3, -0.25) is 5.32 Å². The number of benzene rings is 1. The van der Waals surface area contributed by atoms with Crippen molar-refractivity contribution in [3.05, 3.63) is 23.8 Å². The Kier molecular flexibility index (Phi) is 4.11. The minimum absolute atomic E-state index is 0.0744. The minimum Gasteiger partial charge on any atom is -0.486 e. The fourth-order valence-corrected chi connectivity index (χ4v) is 1.98. The van der Waals surface area contributed by atoms with Gasteiger partial charge in [-0.1, -0.05) is 31.9 Å². The van der Waals surface area contributed by atoms with Crippen LogP contribution in [0.15, 0.2) is 18.2 Å². The highest BCUT2D eigenvalue weighted by atomic mass is 16.6. The molecule has 1 aliphatic heterocycles. The molecule has 1 heterocycles. The summed E-state index contributed by atoms with van der Waals surface area (Å²) in [6.45, 7) is 6.13. The standard InChI is InChI=1S/C15H19NO2/c1-4-13(11(2)3)16-10-12-6-5-7-14-15(12)18-9-8-17-14/h1,5-7,11,13,16H,8-10H2,2-3H3. The van der Waals surface area contributed by atoms with Gasteiger partial charge in [-0.15, -0.1) is 6.42 Å². The molecule has 18 heavy (non-hydrogen) atoms. The van der Waals surface area contributed by atoms with Gasteiger partial charge in [-0.05, 0) is 12.0 Å². The van der Waals surface area contributed by atoms with Crippen molar-refractivity contribution in [3.63, 3.8) is 0 Å². The molecule has 0 amide bonds. The maximum Gasteiger partial charge on any atom is 0.165 e. The highest BCUT2D eigenvalue weighted by Crippen LogP contribution is 2.33. The topological polar surface area (TPSA) is 30.5 Å². The van der Waals surface area contributed by atoms with Gasteiger partial charge >= 0.3 is 0 Å². The van der Waals surface area contributed by atoms with E-state index in [1.165, 1.54) is 0 Å². The summed E-state index contributed by atoms with van der Waals surface area (Å²) in [4.78, 5) is 0. The minimum atomic E-state index is 0.0744.